The lowest BCUT2D eigenvalue weighted by molar-refractivity contribution is -0.125. The van der Waals surface area contributed by atoms with Crippen molar-refractivity contribution in [1.82, 2.24) is 15.3 Å². The first kappa shape index (κ1) is 14.1. The molecule has 1 aromatic heterocycles. The Balaban J connectivity index is 2.05. The Kier molecular flexibility index (Phi) is 4.63. The minimum atomic E-state index is 0.143. The van der Waals surface area contributed by atoms with E-state index in [1.165, 1.54) is 0 Å². The molecule has 0 atom stereocenters. The van der Waals surface area contributed by atoms with Gasteiger partial charge in [0.1, 0.15) is 5.82 Å². The number of aryl methyl sites for hydroxylation is 1. The summed E-state index contributed by atoms with van der Waals surface area (Å²) in [5.41, 5.74) is 0.989. The Hall–Kier alpha value is -1.30. The molecule has 1 aliphatic heterocycles. The van der Waals surface area contributed by atoms with E-state index in [2.05, 4.69) is 20.2 Å². The smallest absolute Gasteiger partial charge is 0.222 e. The van der Waals surface area contributed by atoms with Gasteiger partial charge >= 0.3 is 0 Å². The number of nitrogens with one attached hydrogen (secondary N) is 1. The second-order valence-corrected chi connectivity index (χ2v) is 5.50. The van der Waals surface area contributed by atoms with E-state index in [1.54, 1.807) is 18.8 Å². The molecule has 0 saturated carbocycles. The molecule has 1 saturated heterocycles. The van der Waals surface area contributed by atoms with Crippen LogP contribution >= 0.6 is 11.8 Å². The van der Waals surface area contributed by atoms with Crippen LogP contribution in [0.2, 0.25) is 0 Å². The van der Waals surface area contributed by atoms with Crippen molar-refractivity contribution in [1.29, 1.82) is 0 Å². The van der Waals surface area contributed by atoms with Crippen molar-refractivity contribution in [3.05, 3.63) is 11.8 Å². The number of rotatable bonds is 3. The van der Waals surface area contributed by atoms with Gasteiger partial charge in [0.25, 0.3) is 0 Å². The number of carbonyl (C=O) groups excluding carboxylic acids is 1. The van der Waals surface area contributed by atoms with E-state index in [-0.39, 0.29) is 11.8 Å². The fourth-order valence-corrected chi connectivity index (χ4v) is 2.77. The van der Waals surface area contributed by atoms with Crippen LogP contribution in [0.3, 0.4) is 0 Å². The summed E-state index contributed by atoms with van der Waals surface area (Å²) < 4.78 is 0. The van der Waals surface area contributed by atoms with Crippen LogP contribution < -0.4 is 10.2 Å². The minimum Gasteiger partial charge on any atom is -0.359 e. The molecule has 0 spiro atoms. The number of amides is 1. The van der Waals surface area contributed by atoms with Crippen molar-refractivity contribution in [3.8, 4) is 0 Å². The van der Waals surface area contributed by atoms with E-state index >= 15 is 0 Å². The molecule has 0 aromatic carbocycles. The van der Waals surface area contributed by atoms with Crippen molar-refractivity contribution in [2.24, 2.45) is 5.92 Å². The first-order valence-electron chi connectivity index (χ1n) is 6.50. The summed E-state index contributed by atoms with van der Waals surface area (Å²) >= 11 is 1.56. The summed E-state index contributed by atoms with van der Waals surface area (Å²) in [5.74, 6) is 1.28. The summed E-state index contributed by atoms with van der Waals surface area (Å²) in [5, 5.41) is 3.54. The van der Waals surface area contributed by atoms with Crippen molar-refractivity contribution in [2.75, 3.05) is 31.3 Å². The van der Waals surface area contributed by atoms with Gasteiger partial charge in [-0.25, -0.2) is 9.97 Å². The molecule has 6 heteroatoms. The van der Waals surface area contributed by atoms with E-state index in [0.29, 0.717) is 0 Å². The number of hydrogen-bond donors (Lipinski definition) is 1. The summed E-state index contributed by atoms with van der Waals surface area (Å²) in [4.78, 5) is 22.8. The summed E-state index contributed by atoms with van der Waals surface area (Å²) in [6.07, 6.45) is 3.75. The second kappa shape index (κ2) is 6.23. The molecule has 0 bridgehead atoms. The molecule has 0 radical (unpaired) electrons. The molecular weight excluding hydrogens is 260 g/mol. The van der Waals surface area contributed by atoms with Gasteiger partial charge in [-0.1, -0.05) is 11.8 Å². The molecule has 1 aliphatic rings. The number of aromatic nitrogens is 2. The van der Waals surface area contributed by atoms with Crippen molar-refractivity contribution >= 4 is 23.5 Å². The maximum atomic E-state index is 11.6. The van der Waals surface area contributed by atoms with Crippen LogP contribution in [0.25, 0.3) is 0 Å². The highest BCUT2D eigenvalue weighted by Gasteiger charge is 2.25. The predicted octanol–water partition coefficient (Wildman–Crippen LogP) is 1.47. The number of hydrogen-bond acceptors (Lipinski definition) is 5. The highest BCUT2D eigenvalue weighted by Crippen LogP contribution is 2.23. The van der Waals surface area contributed by atoms with Gasteiger partial charge in [-0.2, -0.15) is 0 Å². The molecule has 1 N–H and O–H groups in total. The second-order valence-electron chi connectivity index (χ2n) is 4.73. The van der Waals surface area contributed by atoms with Crippen molar-refractivity contribution < 1.29 is 4.79 Å². The molecule has 1 amide bonds. The largest absolute Gasteiger partial charge is 0.359 e. The van der Waals surface area contributed by atoms with Gasteiger partial charge in [-0.05, 0) is 26.0 Å². The number of thioether (sulfide) groups is 1. The highest BCUT2D eigenvalue weighted by molar-refractivity contribution is 7.98. The molecule has 1 aromatic rings. The quantitative estimate of drug-likeness (QED) is 0.671. The lowest BCUT2D eigenvalue weighted by Crippen LogP contribution is -2.40. The van der Waals surface area contributed by atoms with Crippen LogP contribution in [-0.2, 0) is 4.79 Å². The van der Waals surface area contributed by atoms with Gasteiger partial charge in [-0.15, -0.1) is 0 Å². The van der Waals surface area contributed by atoms with Gasteiger partial charge in [-0.3, -0.25) is 4.79 Å². The number of anilines is 1. The third-order valence-corrected chi connectivity index (χ3v) is 3.99. The molecular formula is C13H20N4OS. The Morgan fingerprint density at radius 1 is 1.42 bits per heavy atom. The molecule has 2 heterocycles. The van der Waals surface area contributed by atoms with E-state index in [0.717, 1.165) is 42.6 Å². The van der Waals surface area contributed by atoms with Crippen LogP contribution in [0.15, 0.2) is 11.2 Å². The van der Waals surface area contributed by atoms with Crippen LogP contribution in [0.5, 0.6) is 0 Å². The lowest BCUT2D eigenvalue weighted by Gasteiger charge is -2.32. The van der Waals surface area contributed by atoms with Crippen LogP contribution in [0, 0.1) is 12.8 Å². The van der Waals surface area contributed by atoms with Crippen LogP contribution in [-0.4, -0.2) is 42.3 Å². The third-order valence-electron chi connectivity index (χ3n) is 3.44. The predicted molar refractivity (Wildman–Crippen MR) is 77.6 cm³/mol. The zero-order valence-corrected chi connectivity index (χ0v) is 12.5. The zero-order valence-electron chi connectivity index (χ0n) is 11.6. The Labute approximate surface area is 118 Å². The van der Waals surface area contributed by atoms with Crippen molar-refractivity contribution in [2.45, 2.75) is 24.9 Å². The SMILES string of the molecule is CNC(=O)C1CCN(c2cc(C)nc(SC)n2)CC1. The first-order chi connectivity index (χ1) is 9.13. The number of carbonyl (C=O) groups is 1. The topological polar surface area (TPSA) is 58.1 Å². The first-order valence-corrected chi connectivity index (χ1v) is 7.72. The molecule has 2 rings (SSSR count). The minimum absolute atomic E-state index is 0.143. The van der Waals surface area contributed by atoms with E-state index in [4.69, 9.17) is 0 Å². The normalized spacial score (nSPS) is 16.5. The van der Waals surface area contributed by atoms with E-state index < -0.39 is 0 Å². The van der Waals surface area contributed by atoms with Gasteiger partial charge in [0.2, 0.25) is 5.91 Å². The summed E-state index contributed by atoms with van der Waals surface area (Å²) in [7, 11) is 1.70. The van der Waals surface area contributed by atoms with Gasteiger partial charge in [0.15, 0.2) is 5.16 Å². The fraction of sp³-hybridized carbons (Fsp3) is 0.615. The molecule has 104 valence electrons. The van der Waals surface area contributed by atoms with E-state index in [9.17, 15) is 4.79 Å². The fourth-order valence-electron chi connectivity index (χ4n) is 2.35. The van der Waals surface area contributed by atoms with Crippen LogP contribution in [0.1, 0.15) is 18.5 Å². The molecule has 5 nitrogen and oxygen atoms in total. The number of piperidine rings is 1. The average molecular weight is 280 g/mol. The summed E-state index contributed by atoms with van der Waals surface area (Å²) in [6.45, 7) is 3.74. The third kappa shape index (κ3) is 3.37. The Morgan fingerprint density at radius 3 is 2.68 bits per heavy atom. The zero-order chi connectivity index (χ0) is 13.8. The Bertz CT molecular complexity index is 458. The monoisotopic (exact) mass is 280 g/mol. The maximum Gasteiger partial charge on any atom is 0.222 e. The van der Waals surface area contributed by atoms with Crippen molar-refractivity contribution in [3.63, 3.8) is 0 Å². The maximum absolute atomic E-state index is 11.6. The molecule has 1 fully saturated rings. The lowest BCUT2D eigenvalue weighted by atomic mass is 9.96. The van der Waals surface area contributed by atoms with Gasteiger partial charge < -0.3 is 10.2 Å². The highest BCUT2D eigenvalue weighted by atomic mass is 32.2. The number of nitrogens with zero attached hydrogens (tertiary/aromatic N) is 3. The van der Waals surface area contributed by atoms with E-state index in [1.807, 2.05) is 19.2 Å². The Morgan fingerprint density at radius 2 is 2.11 bits per heavy atom. The van der Waals surface area contributed by atoms with Crippen LogP contribution in [0.4, 0.5) is 5.82 Å². The summed E-state index contributed by atoms with van der Waals surface area (Å²) in [6, 6.07) is 2.01. The average Bonchev–Trinajstić information content (AvgIpc) is 2.46. The molecule has 19 heavy (non-hydrogen) atoms. The standard InChI is InChI=1S/C13H20N4OS/c1-9-8-11(16-13(15-9)19-3)17-6-4-10(5-7-17)12(18)14-2/h8,10H,4-7H2,1-3H3,(H,14,18). The van der Waals surface area contributed by atoms with Gasteiger partial charge in [0.05, 0.1) is 0 Å². The van der Waals surface area contributed by atoms with Gasteiger partial charge in [0, 0.05) is 37.8 Å². The molecule has 0 aliphatic carbocycles. The molecule has 0 unspecified atom stereocenters.